The van der Waals surface area contributed by atoms with Crippen molar-refractivity contribution < 1.29 is 14.6 Å². The van der Waals surface area contributed by atoms with Gasteiger partial charge in [-0.3, -0.25) is 4.79 Å². The molecular formula is C15H17NO3. The first-order valence-electron chi connectivity index (χ1n) is 6.56. The zero-order valence-corrected chi connectivity index (χ0v) is 10.9. The first-order valence-corrected chi connectivity index (χ1v) is 6.56. The predicted molar refractivity (Wildman–Crippen MR) is 72.9 cm³/mol. The van der Waals surface area contributed by atoms with Crippen molar-refractivity contribution in [1.82, 2.24) is 4.57 Å². The summed E-state index contributed by atoms with van der Waals surface area (Å²) in [5.74, 6) is 1.21. The minimum atomic E-state index is 0.0772. The molecular weight excluding hydrogens is 242 g/mol. The van der Waals surface area contributed by atoms with Gasteiger partial charge in [0, 0.05) is 28.7 Å². The number of carbonyl (C=O) groups excluding carboxylic acids is 1. The third-order valence-electron chi connectivity index (χ3n) is 3.76. The molecule has 4 heteroatoms. The molecule has 1 fully saturated rings. The van der Waals surface area contributed by atoms with Crippen molar-refractivity contribution in [1.29, 1.82) is 0 Å². The van der Waals surface area contributed by atoms with E-state index in [4.69, 9.17) is 4.74 Å². The van der Waals surface area contributed by atoms with Crippen molar-refractivity contribution in [2.45, 2.75) is 25.3 Å². The van der Waals surface area contributed by atoms with Gasteiger partial charge in [-0.25, -0.2) is 0 Å². The summed E-state index contributed by atoms with van der Waals surface area (Å²) in [7, 11) is 1.62. The van der Waals surface area contributed by atoms with E-state index in [9.17, 15) is 9.90 Å². The molecule has 0 saturated heterocycles. The summed E-state index contributed by atoms with van der Waals surface area (Å²) in [4.78, 5) is 11.5. The lowest BCUT2D eigenvalue weighted by atomic mass is 10.1. The molecule has 1 aromatic heterocycles. The van der Waals surface area contributed by atoms with E-state index < -0.39 is 0 Å². The van der Waals surface area contributed by atoms with Crippen LogP contribution in [-0.4, -0.2) is 29.7 Å². The molecule has 0 unspecified atom stereocenters. The lowest BCUT2D eigenvalue weighted by Gasteiger charge is -2.08. The van der Waals surface area contributed by atoms with E-state index in [1.165, 1.54) is 0 Å². The molecule has 0 bridgehead atoms. The van der Waals surface area contributed by atoms with Crippen molar-refractivity contribution >= 4 is 17.2 Å². The molecule has 1 saturated carbocycles. The Morgan fingerprint density at radius 3 is 2.84 bits per heavy atom. The molecule has 0 radical (unpaired) electrons. The van der Waals surface area contributed by atoms with Crippen LogP contribution in [0.4, 0.5) is 0 Å². The predicted octanol–water partition coefficient (Wildman–Crippen LogP) is 2.33. The second-order valence-electron chi connectivity index (χ2n) is 4.95. The summed E-state index contributed by atoms with van der Waals surface area (Å²) in [5.41, 5.74) is 2.83. The number of aliphatic hydroxyl groups excluding tert-OH is 1. The van der Waals surface area contributed by atoms with Gasteiger partial charge in [-0.2, -0.15) is 0 Å². The van der Waals surface area contributed by atoms with Crippen LogP contribution in [0, 0.1) is 0 Å². The van der Waals surface area contributed by atoms with E-state index in [0.29, 0.717) is 12.5 Å². The van der Waals surface area contributed by atoms with Crippen LogP contribution in [-0.2, 0) is 6.54 Å². The minimum Gasteiger partial charge on any atom is -0.497 e. The van der Waals surface area contributed by atoms with Crippen LogP contribution in [0.1, 0.15) is 34.8 Å². The molecule has 1 aliphatic rings. The van der Waals surface area contributed by atoms with Crippen LogP contribution in [0.3, 0.4) is 0 Å². The molecule has 3 rings (SSSR count). The number of aldehydes is 1. The van der Waals surface area contributed by atoms with Crippen LogP contribution >= 0.6 is 0 Å². The molecule has 100 valence electrons. The standard InChI is InChI=1S/C15H17NO3/c1-19-11-4-5-14-12(8-11)13(9-18)15(10-2-3-10)16(14)6-7-17/h4-5,8-10,17H,2-3,6-7H2,1H3. The van der Waals surface area contributed by atoms with Gasteiger partial charge in [-0.05, 0) is 37.0 Å². The lowest BCUT2D eigenvalue weighted by molar-refractivity contribution is 0.112. The summed E-state index contributed by atoms with van der Waals surface area (Å²) in [6, 6.07) is 5.75. The maximum Gasteiger partial charge on any atom is 0.152 e. The van der Waals surface area contributed by atoms with E-state index in [1.807, 2.05) is 18.2 Å². The Hall–Kier alpha value is -1.81. The second kappa shape index (κ2) is 4.70. The highest BCUT2D eigenvalue weighted by Gasteiger charge is 2.31. The second-order valence-corrected chi connectivity index (χ2v) is 4.95. The number of rotatable bonds is 5. The van der Waals surface area contributed by atoms with Crippen molar-refractivity contribution in [3.05, 3.63) is 29.5 Å². The third-order valence-corrected chi connectivity index (χ3v) is 3.76. The maximum absolute atomic E-state index is 11.5. The zero-order chi connectivity index (χ0) is 13.4. The number of hydrogen-bond acceptors (Lipinski definition) is 3. The average molecular weight is 259 g/mol. The number of benzene rings is 1. The van der Waals surface area contributed by atoms with Crippen molar-refractivity contribution in [2.75, 3.05) is 13.7 Å². The number of hydrogen-bond donors (Lipinski definition) is 1. The average Bonchev–Trinajstić information content (AvgIpc) is 3.23. The monoisotopic (exact) mass is 259 g/mol. The van der Waals surface area contributed by atoms with Crippen molar-refractivity contribution in [3.8, 4) is 5.75 Å². The van der Waals surface area contributed by atoms with Crippen LogP contribution in [0.2, 0.25) is 0 Å². The molecule has 4 nitrogen and oxygen atoms in total. The van der Waals surface area contributed by atoms with E-state index in [1.54, 1.807) is 7.11 Å². The van der Waals surface area contributed by atoms with Crippen LogP contribution in [0.5, 0.6) is 5.75 Å². The van der Waals surface area contributed by atoms with Crippen LogP contribution in [0.25, 0.3) is 10.9 Å². The molecule has 1 aromatic carbocycles. The Labute approximate surface area is 111 Å². The molecule has 2 aromatic rings. The Morgan fingerprint density at radius 1 is 1.47 bits per heavy atom. The van der Waals surface area contributed by atoms with Gasteiger partial charge >= 0.3 is 0 Å². The van der Waals surface area contributed by atoms with E-state index >= 15 is 0 Å². The van der Waals surface area contributed by atoms with Crippen LogP contribution < -0.4 is 4.74 Å². The van der Waals surface area contributed by atoms with E-state index in [-0.39, 0.29) is 6.61 Å². The van der Waals surface area contributed by atoms with Crippen molar-refractivity contribution in [2.24, 2.45) is 0 Å². The number of methoxy groups -OCH3 is 1. The Balaban J connectivity index is 2.29. The summed E-state index contributed by atoms with van der Waals surface area (Å²) in [6.07, 6.45) is 3.18. The molecule has 19 heavy (non-hydrogen) atoms. The molecule has 0 spiro atoms. The number of ether oxygens (including phenoxy) is 1. The Bertz CT molecular complexity index is 626. The molecule has 1 N–H and O–H groups in total. The van der Waals surface area contributed by atoms with Gasteiger partial charge in [-0.1, -0.05) is 0 Å². The Morgan fingerprint density at radius 2 is 2.26 bits per heavy atom. The quantitative estimate of drug-likeness (QED) is 0.838. The Kier molecular flexibility index (Phi) is 3.03. The number of aliphatic hydroxyl groups is 1. The smallest absolute Gasteiger partial charge is 0.152 e. The first kappa shape index (κ1) is 12.2. The van der Waals surface area contributed by atoms with Gasteiger partial charge in [0.2, 0.25) is 0 Å². The highest BCUT2D eigenvalue weighted by Crippen LogP contribution is 2.44. The molecule has 0 amide bonds. The SMILES string of the molecule is COc1ccc2c(c1)c(C=O)c(C1CC1)n2CCO. The maximum atomic E-state index is 11.5. The fourth-order valence-electron chi connectivity index (χ4n) is 2.77. The van der Waals surface area contributed by atoms with Gasteiger partial charge in [-0.15, -0.1) is 0 Å². The summed E-state index contributed by atoms with van der Waals surface area (Å²) >= 11 is 0. The topological polar surface area (TPSA) is 51.5 Å². The van der Waals surface area contributed by atoms with Crippen LogP contribution in [0.15, 0.2) is 18.2 Å². The highest BCUT2D eigenvalue weighted by atomic mass is 16.5. The fraction of sp³-hybridized carbons (Fsp3) is 0.400. The van der Waals surface area contributed by atoms with Gasteiger partial charge in [0.05, 0.1) is 13.7 Å². The molecule has 0 aliphatic heterocycles. The van der Waals surface area contributed by atoms with Gasteiger partial charge in [0.1, 0.15) is 5.75 Å². The summed E-state index contributed by atoms with van der Waals surface area (Å²) in [5, 5.41) is 10.2. The molecule has 1 heterocycles. The first-order chi connectivity index (χ1) is 9.30. The summed E-state index contributed by atoms with van der Waals surface area (Å²) < 4.78 is 7.31. The minimum absolute atomic E-state index is 0.0772. The van der Waals surface area contributed by atoms with E-state index in [2.05, 4.69) is 4.57 Å². The molecule has 0 atom stereocenters. The van der Waals surface area contributed by atoms with Gasteiger partial charge in [0.25, 0.3) is 0 Å². The highest BCUT2D eigenvalue weighted by molar-refractivity contribution is 6.00. The fourth-order valence-corrected chi connectivity index (χ4v) is 2.77. The lowest BCUT2D eigenvalue weighted by Crippen LogP contribution is -2.06. The van der Waals surface area contributed by atoms with Gasteiger partial charge < -0.3 is 14.4 Å². The van der Waals surface area contributed by atoms with E-state index in [0.717, 1.165) is 47.0 Å². The number of carbonyl (C=O) groups is 1. The summed E-state index contributed by atoms with van der Waals surface area (Å²) in [6.45, 7) is 0.607. The number of aromatic nitrogens is 1. The largest absolute Gasteiger partial charge is 0.497 e. The van der Waals surface area contributed by atoms with Gasteiger partial charge in [0.15, 0.2) is 6.29 Å². The third kappa shape index (κ3) is 1.92. The number of nitrogens with zero attached hydrogens (tertiary/aromatic N) is 1. The molecule has 1 aliphatic carbocycles. The van der Waals surface area contributed by atoms with Crippen molar-refractivity contribution in [3.63, 3.8) is 0 Å². The zero-order valence-electron chi connectivity index (χ0n) is 10.9. The number of fused-ring (bicyclic) bond motifs is 1. The normalized spacial score (nSPS) is 14.8.